The van der Waals surface area contributed by atoms with E-state index < -0.39 is 16.0 Å². The highest BCUT2D eigenvalue weighted by molar-refractivity contribution is 7.93. The summed E-state index contributed by atoms with van der Waals surface area (Å²) in [5.74, 6) is -1.71. The van der Waals surface area contributed by atoms with Crippen molar-refractivity contribution in [1.82, 2.24) is 0 Å². The number of nitrogens with one attached hydrogen (secondary N) is 1. The van der Waals surface area contributed by atoms with Gasteiger partial charge in [-0.25, -0.2) is 13.2 Å². The van der Waals surface area contributed by atoms with Crippen LogP contribution in [0.5, 0.6) is 5.75 Å². The Balaban J connectivity index is 2.43. The molecule has 10 heteroatoms. The van der Waals surface area contributed by atoms with Gasteiger partial charge in [0.25, 0.3) is 10.0 Å². The van der Waals surface area contributed by atoms with Gasteiger partial charge in [-0.05, 0) is 23.6 Å². The molecule has 2 rings (SSSR count). The first kappa shape index (κ1) is 15.9. The number of carbonyl (C=O) groups is 1. The molecule has 6 nitrogen and oxygen atoms in total. The van der Waals surface area contributed by atoms with Crippen molar-refractivity contribution in [3.8, 4) is 5.75 Å². The van der Waals surface area contributed by atoms with Gasteiger partial charge < -0.3 is 10.2 Å². The van der Waals surface area contributed by atoms with Crippen LogP contribution in [0.25, 0.3) is 0 Å². The molecule has 0 radical (unpaired) electrons. The van der Waals surface area contributed by atoms with Crippen molar-refractivity contribution in [2.45, 2.75) is 4.90 Å². The number of halogens is 2. The normalized spacial score (nSPS) is 11.3. The zero-order valence-corrected chi connectivity index (χ0v) is 13.1. The van der Waals surface area contributed by atoms with E-state index in [9.17, 15) is 18.3 Å². The largest absolute Gasteiger partial charge is 0.505 e. The highest BCUT2D eigenvalue weighted by atomic mass is 35.5. The lowest BCUT2D eigenvalue weighted by Crippen LogP contribution is -2.15. The average molecular weight is 368 g/mol. The molecule has 0 aliphatic heterocycles. The Morgan fingerprint density at radius 1 is 1.24 bits per heavy atom. The number of anilines is 1. The van der Waals surface area contributed by atoms with Crippen molar-refractivity contribution in [1.29, 1.82) is 0 Å². The minimum atomic E-state index is -4.11. The van der Waals surface area contributed by atoms with E-state index in [0.29, 0.717) is 0 Å². The highest BCUT2D eigenvalue weighted by Crippen LogP contribution is 2.35. The van der Waals surface area contributed by atoms with Crippen molar-refractivity contribution in [3.05, 3.63) is 38.5 Å². The van der Waals surface area contributed by atoms with Crippen LogP contribution >= 0.6 is 34.5 Å². The zero-order valence-electron chi connectivity index (χ0n) is 10.0. The van der Waals surface area contributed by atoms with Crippen LogP contribution in [-0.4, -0.2) is 24.6 Å². The third-order valence-electron chi connectivity index (χ3n) is 2.38. The van der Waals surface area contributed by atoms with Crippen molar-refractivity contribution in [2.75, 3.05) is 4.72 Å². The van der Waals surface area contributed by atoms with E-state index in [1.165, 1.54) is 11.4 Å². The Morgan fingerprint density at radius 2 is 1.81 bits per heavy atom. The van der Waals surface area contributed by atoms with Crippen molar-refractivity contribution >= 4 is 56.2 Å². The number of thiophene rings is 1. The monoisotopic (exact) mass is 367 g/mol. The molecular weight excluding hydrogens is 361 g/mol. The number of benzene rings is 1. The Bertz CT molecular complexity index is 793. The lowest BCUT2D eigenvalue weighted by Gasteiger charge is -2.09. The fraction of sp³-hybridized carbons (Fsp3) is 0. The summed E-state index contributed by atoms with van der Waals surface area (Å²) in [6.07, 6.45) is 0. The minimum Gasteiger partial charge on any atom is -0.505 e. The molecule has 0 unspecified atom stereocenters. The van der Waals surface area contributed by atoms with Crippen LogP contribution in [0, 0.1) is 0 Å². The summed E-state index contributed by atoms with van der Waals surface area (Å²) in [5.41, 5.74) is 0.00494. The predicted octanol–water partition coefficient (Wildman–Crippen LogP) is 3.26. The zero-order chi connectivity index (χ0) is 15.8. The smallest absolute Gasteiger partial charge is 0.347 e. The number of rotatable bonds is 4. The van der Waals surface area contributed by atoms with Gasteiger partial charge >= 0.3 is 5.97 Å². The van der Waals surface area contributed by atoms with Gasteiger partial charge in [0.1, 0.15) is 9.77 Å². The van der Waals surface area contributed by atoms with Gasteiger partial charge in [0.05, 0.1) is 15.7 Å². The van der Waals surface area contributed by atoms with E-state index in [1.807, 2.05) is 0 Å². The molecule has 3 N–H and O–H groups in total. The third-order valence-corrected chi connectivity index (χ3v) is 5.41. The molecule has 0 saturated carbocycles. The van der Waals surface area contributed by atoms with E-state index in [0.717, 1.165) is 23.5 Å². The Hall–Kier alpha value is -1.48. The molecule has 0 aliphatic carbocycles. The van der Waals surface area contributed by atoms with Crippen LogP contribution in [0.3, 0.4) is 0 Å². The van der Waals surface area contributed by atoms with Crippen molar-refractivity contribution in [2.24, 2.45) is 0 Å². The summed E-state index contributed by atoms with van der Waals surface area (Å²) in [4.78, 5) is 10.3. The highest BCUT2D eigenvalue weighted by Gasteiger charge is 2.24. The molecule has 1 aromatic heterocycles. The van der Waals surface area contributed by atoms with Gasteiger partial charge in [-0.1, -0.05) is 23.2 Å². The fourth-order valence-corrected chi connectivity index (χ4v) is 4.29. The Morgan fingerprint density at radius 3 is 2.33 bits per heavy atom. The summed E-state index contributed by atoms with van der Waals surface area (Å²) in [6.45, 7) is 0. The summed E-state index contributed by atoms with van der Waals surface area (Å²) in [6, 6.07) is 3.50. The number of phenolic OH excluding ortho intramolecular Hbond substituents is 1. The molecule has 0 spiro atoms. The molecule has 0 bridgehead atoms. The number of hydrogen-bond donors (Lipinski definition) is 3. The van der Waals surface area contributed by atoms with E-state index >= 15 is 0 Å². The first-order chi connectivity index (χ1) is 9.72. The number of carboxylic acid groups (broad SMARTS) is 1. The number of aromatic hydroxyl groups is 1. The van der Waals surface area contributed by atoms with E-state index in [4.69, 9.17) is 28.3 Å². The number of sulfonamides is 1. The second kappa shape index (κ2) is 5.72. The number of aromatic carboxylic acids is 1. The summed E-state index contributed by atoms with van der Waals surface area (Å²) in [5, 5.41) is 19.4. The molecule has 0 amide bonds. The molecule has 21 heavy (non-hydrogen) atoms. The van der Waals surface area contributed by atoms with Gasteiger partial charge in [0.2, 0.25) is 0 Å². The molecule has 1 aromatic carbocycles. The number of phenols is 1. The standard InChI is InChI=1S/C11H7Cl2NO5S2/c12-6-3-5(4-7(13)9(6)15)14-21(18,19)8-1-2-20-10(8)11(16)17/h1-4,14-15H,(H,16,17). The quantitative estimate of drug-likeness (QED) is 0.719. The fourth-order valence-electron chi connectivity index (χ4n) is 1.50. The van der Waals surface area contributed by atoms with Gasteiger partial charge in [-0.3, -0.25) is 4.72 Å². The summed E-state index contributed by atoms with van der Waals surface area (Å²) in [7, 11) is -4.11. The minimum absolute atomic E-state index is 0.00494. The van der Waals surface area contributed by atoms with E-state index in [1.54, 1.807) is 0 Å². The topological polar surface area (TPSA) is 104 Å². The van der Waals surface area contributed by atoms with E-state index in [-0.39, 0.29) is 31.3 Å². The Labute approximate surface area is 133 Å². The molecule has 1 heterocycles. The lowest BCUT2D eigenvalue weighted by molar-refractivity contribution is 0.0698. The number of hydrogen-bond acceptors (Lipinski definition) is 5. The van der Waals surface area contributed by atoms with Crippen molar-refractivity contribution in [3.63, 3.8) is 0 Å². The second-order valence-corrected chi connectivity index (χ2v) is 7.19. The van der Waals surface area contributed by atoms with Gasteiger partial charge in [-0.15, -0.1) is 11.3 Å². The average Bonchev–Trinajstić information content (AvgIpc) is 2.85. The Kier molecular flexibility index (Phi) is 4.33. The lowest BCUT2D eigenvalue weighted by atomic mass is 10.3. The molecule has 0 saturated heterocycles. The van der Waals surface area contributed by atoms with Crippen LogP contribution in [0.15, 0.2) is 28.5 Å². The van der Waals surface area contributed by atoms with Gasteiger partial charge in [0, 0.05) is 0 Å². The van der Waals surface area contributed by atoms with Crippen LogP contribution in [0.2, 0.25) is 10.0 Å². The maximum Gasteiger partial charge on any atom is 0.347 e. The molecule has 0 fully saturated rings. The first-order valence-corrected chi connectivity index (χ1v) is 8.36. The van der Waals surface area contributed by atoms with Crippen LogP contribution in [0.4, 0.5) is 5.69 Å². The molecule has 0 aliphatic rings. The van der Waals surface area contributed by atoms with Crippen LogP contribution in [-0.2, 0) is 10.0 Å². The predicted molar refractivity (Wildman–Crippen MR) is 80.2 cm³/mol. The van der Waals surface area contributed by atoms with E-state index in [2.05, 4.69) is 4.72 Å². The maximum absolute atomic E-state index is 12.2. The number of carboxylic acids is 1. The molecular formula is C11H7Cl2NO5S2. The maximum atomic E-state index is 12.2. The van der Waals surface area contributed by atoms with Gasteiger partial charge in [-0.2, -0.15) is 0 Å². The van der Waals surface area contributed by atoms with Crippen LogP contribution in [0.1, 0.15) is 9.67 Å². The summed E-state index contributed by atoms with van der Waals surface area (Å²) < 4.78 is 26.5. The molecule has 112 valence electrons. The molecule has 0 atom stereocenters. The van der Waals surface area contributed by atoms with Gasteiger partial charge in [0.15, 0.2) is 5.75 Å². The van der Waals surface area contributed by atoms with Crippen LogP contribution < -0.4 is 4.72 Å². The second-order valence-electron chi connectivity index (χ2n) is 3.81. The SMILES string of the molecule is O=C(O)c1sccc1S(=O)(=O)Nc1cc(Cl)c(O)c(Cl)c1. The molecule has 2 aromatic rings. The third kappa shape index (κ3) is 3.24. The summed E-state index contributed by atoms with van der Waals surface area (Å²) >= 11 is 12.2. The first-order valence-electron chi connectivity index (χ1n) is 5.24. The van der Waals surface area contributed by atoms with Crippen molar-refractivity contribution < 1.29 is 23.4 Å².